The molecule has 2 N–H and O–H groups in total. The maximum absolute atomic E-state index is 11.5. The molecule has 0 saturated carbocycles. The molecule has 0 spiro atoms. The van der Waals surface area contributed by atoms with Crippen molar-refractivity contribution >= 4 is 23.3 Å². The number of rotatable bonds is 6. The average molecular weight is 306 g/mol. The molecule has 0 radical (unpaired) electrons. The molecule has 0 aromatic heterocycles. The van der Waals surface area contributed by atoms with E-state index in [0.717, 1.165) is 5.56 Å². The fourth-order valence-corrected chi connectivity index (χ4v) is 2.20. The second-order valence-corrected chi connectivity index (χ2v) is 5.01. The van der Waals surface area contributed by atoms with E-state index in [0.29, 0.717) is 22.9 Å². The summed E-state index contributed by atoms with van der Waals surface area (Å²) in [5, 5.41) is 12.9. The van der Waals surface area contributed by atoms with Gasteiger partial charge in [-0.1, -0.05) is 41.9 Å². The maximum atomic E-state index is 11.5. The fourth-order valence-electron chi connectivity index (χ4n) is 2.03. The third-order valence-electron chi connectivity index (χ3n) is 3.07. The van der Waals surface area contributed by atoms with Gasteiger partial charge in [0.1, 0.15) is 11.8 Å². The molecule has 1 atom stereocenters. The topological polar surface area (TPSA) is 58.6 Å². The summed E-state index contributed by atoms with van der Waals surface area (Å²) < 4.78 is 5.22. The van der Waals surface area contributed by atoms with Gasteiger partial charge in [0.05, 0.1) is 12.8 Å². The number of carbonyl (C=O) groups is 1. The highest BCUT2D eigenvalue weighted by atomic mass is 35.5. The van der Waals surface area contributed by atoms with Crippen molar-refractivity contribution in [3.05, 3.63) is 59.1 Å². The van der Waals surface area contributed by atoms with E-state index in [1.807, 2.05) is 30.3 Å². The van der Waals surface area contributed by atoms with Crippen LogP contribution < -0.4 is 10.1 Å². The summed E-state index contributed by atoms with van der Waals surface area (Å²) in [5.41, 5.74) is 1.51. The SMILES string of the molecule is COc1ccc(Cl)cc1NC(Cc1ccccc1)C(=O)O. The first-order valence-electron chi connectivity index (χ1n) is 6.47. The molecular weight excluding hydrogens is 290 g/mol. The number of hydrogen-bond acceptors (Lipinski definition) is 3. The van der Waals surface area contributed by atoms with Crippen molar-refractivity contribution in [2.24, 2.45) is 0 Å². The number of ether oxygens (including phenoxy) is 1. The van der Waals surface area contributed by atoms with Gasteiger partial charge in [0.2, 0.25) is 0 Å². The third-order valence-corrected chi connectivity index (χ3v) is 3.31. The van der Waals surface area contributed by atoms with Gasteiger partial charge in [0.25, 0.3) is 0 Å². The van der Waals surface area contributed by atoms with E-state index in [1.165, 1.54) is 7.11 Å². The first kappa shape index (κ1) is 15.2. The van der Waals surface area contributed by atoms with E-state index < -0.39 is 12.0 Å². The molecule has 2 rings (SSSR count). The molecule has 1 unspecified atom stereocenters. The molecule has 0 aliphatic carbocycles. The molecule has 0 bridgehead atoms. The second kappa shape index (κ2) is 6.99. The molecule has 2 aromatic rings. The van der Waals surface area contributed by atoms with Crippen molar-refractivity contribution < 1.29 is 14.6 Å². The monoisotopic (exact) mass is 305 g/mol. The minimum absolute atomic E-state index is 0.367. The predicted molar refractivity (Wildman–Crippen MR) is 83.2 cm³/mol. The van der Waals surface area contributed by atoms with Gasteiger partial charge in [0, 0.05) is 11.4 Å². The van der Waals surface area contributed by atoms with Crippen LogP contribution in [-0.4, -0.2) is 24.2 Å². The number of nitrogens with one attached hydrogen (secondary N) is 1. The molecule has 0 saturated heterocycles. The molecule has 0 heterocycles. The van der Waals surface area contributed by atoms with Crippen molar-refractivity contribution in [3.63, 3.8) is 0 Å². The minimum atomic E-state index is -0.930. The molecule has 5 heteroatoms. The van der Waals surface area contributed by atoms with Gasteiger partial charge in [-0.15, -0.1) is 0 Å². The predicted octanol–water partition coefficient (Wildman–Crippen LogP) is 3.46. The Balaban J connectivity index is 2.20. The number of anilines is 1. The van der Waals surface area contributed by atoms with E-state index in [1.54, 1.807) is 18.2 Å². The molecule has 110 valence electrons. The van der Waals surface area contributed by atoms with Crippen LogP contribution in [0.15, 0.2) is 48.5 Å². The largest absolute Gasteiger partial charge is 0.495 e. The summed E-state index contributed by atoms with van der Waals surface area (Å²) in [5.74, 6) is -0.375. The van der Waals surface area contributed by atoms with Gasteiger partial charge in [-0.05, 0) is 23.8 Å². The van der Waals surface area contributed by atoms with Crippen LogP contribution in [0.2, 0.25) is 5.02 Å². The molecule has 0 fully saturated rings. The lowest BCUT2D eigenvalue weighted by Gasteiger charge is -2.18. The maximum Gasteiger partial charge on any atom is 0.326 e. The van der Waals surface area contributed by atoms with Crippen LogP contribution in [0.25, 0.3) is 0 Å². The number of benzene rings is 2. The van der Waals surface area contributed by atoms with Gasteiger partial charge in [-0.25, -0.2) is 4.79 Å². The Labute approximate surface area is 128 Å². The first-order chi connectivity index (χ1) is 10.1. The minimum Gasteiger partial charge on any atom is -0.495 e. The van der Waals surface area contributed by atoms with Crippen LogP contribution in [0.5, 0.6) is 5.75 Å². The highest BCUT2D eigenvalue weighted by Crippen LogP contribution is 2.28. The van der Waals surface area contributed by atoms with Gasteiger partial charge in [-0.2, -0.15) is 0 Å². The number of methoxy groups -OCH3 is 1. The van der Waals surface area contributed by atoms with E-state index in [4.69, 9.17) is 16.3 Å². The third kappa shape index (κ3) is 4.13. The first-order valence-corrected chi connectivity index (χ1v) is 6.84. The lowest BCUT2D eigenvalue weighted by molar-refractivity contribution is -0.137. The van der Waals surface area contributed by atoms with Crippen LogP contribution in [0.1, 0.15) is 5.56 Å². The molecule has 2 aromatic carbocycles. The number of carboxylic acid groups (broad SMARTS) is 1. The number of hydrogen-bond donors (Lipinski definition) is 2. The normalized spacial score (nSPS) is 11.7. The van der Waals surface area contributed by atoms with Crippen LogP contribution in [-0.2, 0) is 11.2 Å². The van der Waals surface area contributed by atoms with Gasteiger partial charge >= 0.3 is 5.97 Å². The Hall–Kier alpha value is -2.20. The van der Waals surface area contributed by atoms with Crippen molar-refractivity contribution in [2.45, 2.75) is 12.5 Å². The second-order valence-electron chi connectivity index (χ2n) is 4.57. The summed E-state index contributed by atoms with van der Waals surface area (Å²) in [6.07, 6.45) is 0.367. The quantitative estimate of drug-likeness (QED) is 0.858. The zero-order valence-electron chi connectivity index (χ0n) is 11.5. The summed E-state index contributed by atoms with van der Waals surface area (Å²) >= 11 is 5.95. The molecule has 0 amide bonds. The van der Waals surface area contributed by atoms with Gasteiger partial charge in [-0.3, -0.25) is 0 Å². The van der Waals surface area contributed by atoms with Gasteiger partial charge < -0.3 is 15.2 Å². The van der Waals surface area contributed by atoms with E-state index in [2.05, 4.69) is 5.32 Å². The fraction of sp³-hybridized carbons (Fsp3) is 0.188. The lowest BCUT2D eigenvalue weighted by atomic mass is 10.1. The molecule has 0 aliphatic heterocycles. The summed E-state index contributed by atoms with van der Waals surface area (Å²) in [6.45, 7) is 0. The van der Waals surface area contributed by atoms with E-state index in [-0.39, 0.29) is 0 Å². The van der Waals surface area contributed by atoms with Crippen molar-refractivity contribution in [2.75, 3.05) is 12.4 Å². The van der Waals surface area contributed by atoms with Crippen LogP contribution >= 0.6 is 11.6 Å². The Morgan fingerprint density at radius 2 is 2.00 bits per heavy atom. The highest BCUT2D eigenvalue weighted by Gasteiger charge is 2.19. The molecule has 0 aliphatic rings. The van der Waals surface area contributed by atoms with E-state index >= 15 is 0 Å². The van der Waals surface area contributed by atoms with Crippen molar-refractivity contribution in [3.8, 4) is 5.75 Å². The standard InChI is InChI=1S/C16H16ClNO3/c1-21-15-8-7-12(17)10-13(15)18-14(16(19)20)9-11-5-3-2-4-6-11/h2-8,10,14,18H,9H2,1H3,(H,19,20). The van der Waals surface area contributed by atoms with Gasteiger partial charge in [0.15, 0.2) is 0 Å². The Bertz CT molecular complexity index is 616. The van der Waals surface area contributed by atoms with Crippen LogP contribution in [0, 0.1) is 0 Å². The average Bonchev–Trinajstić information content (AvgIpc) is 2.48. The zero-order valence-corrected chi connectivity index (χ0v) is 12.3. The number of aliphatic carboxylic acids is 1. The Kier molecular flexibility index (Phi) is 5.06. The highest BCUT2D eigenvalue weighted by molar-refractivity contribution is 6.30. The van der Waals surface area contributed by atoms with Crippen molar-refractivity contribution in [1.82, 2.24) is 0 Å². The number of carboxylic acids is 1. The van der Waals surface area contributed by atoms with E-state index in [9.17, 15) is 9.90 Å². The smallest absolute Gasteiger partial charge is 0.326 e. The lowest BCUT2D eigenvalue weighted by Crippen LogP contribution is -2.31. The molecular formula is C16H16ClNO3. The molecule has 4 nitrogen and oxygen atoms in total. The zero-order chi connectivity index (χ0) is 15.2. The van der Waals surface area contributed by atoms with Crippen molar-refractivity contribution in [1.29, 1.82) is 0 Å². The summed E-state index contributed by atoms with van der Waals surface area (Å²) in [4.78, 5) is 11.5. The number of halogens is 1. The Morgan fingerprint density at radius 3 is 2.62 bits per heavy atom. The Morgan fingerprint density at radius 1 is 1.29 bits per heavy atom. The van der Waals surface area contributed by atoms with Crippen LogP contribution in [0.4, 0.5) is 5.69 Å². The summed E-state index contributed by atoms with van der Waals surface area (Å²) in [6, 6.07) is 13.7. The van der Waals surface area contributed by atoms with Crippen LogP contribution in [0.3, 0.4) is 0 Å². The summed E-state index contributed by atoms with van der Waals surface area (Å²) in [7, 11) is 1.53. The molecule has 21 heavy (non-hydrogen) atoms.